The molecule has 1 N–H and O–H groups in total. The molecule has 2 saturated heterocycles. The number of fused-ring (bicyclic) bond motifs is 1. The van der Waals surface area contributed by atoms with Gasteiger partial charge < -0.3 is 5.11 Å². The molecule has 0 aromatic heterocycles. The molecule has 0 aliphatic carbocycles. The second kappa shape index (κ2) is 6.26. The van der Waals surface area contributed by atoms with Gasteiger partial charge in [0.15, 0.2) is 0 Å². The molecule has 1 aromatic carbocycles. The van der Waals surface area contributed by atoms with Crippen LogP contribution in [0.1, 0.15) is 25.3 Å². The van der Waals surface area contributed by atoms with E-state index in [4.69, 9.17) is 0 Å². The van der Waals surface area contributed by atoms with Crippen LogP contribution in [0.25, 0.3) is 0 Å². The van der Waals surface area contributed by atoms with Gasteiger partial charge in [-0.05, 0) is 83.6 Å². The van der Waals surface area contributed by atoms with Crippen molar-refractivity contribution in [2.75, 3.05) is 19.6 Å². The summed E-state index contributed by atoms with van der Waals surface area (Å²) in [7, 11) is 0. The fourth-order valence-electron chi connectivity index (χ4n) is 3.56. The molecule has 0 radical (unpaired) electrons. The summed E-state index contributed by atoms with van der Waals surface area (Å²) in [5.41, 5.74) is 1.07. The van der Waals surface area contributed by atoms with Gasteiger partial charge in [0, 0.05) is 40.9 Å². The van der Waals surface area contributed by atoms with Gasteiger partial charge in [0.1, 0.15) is 5.75 Å². The van der Waals surface area contributed by atoms with Crippen molar-refractivity contribution in [3.63, 3.8) is 0 Å². The number of halogens is 2. The number of hydrogen-bond donors (Lipinski definition) is 1. The van der Waals surface area contributed by atoms with Gasteiger partial charge in [0.25, 0.3) is 0 Å². The minimum absolute atomic E-state index is 0.465. The Kier molecular flexibility index (Phi) is 4.79. The summed E-state index contributed by atoms with van der Waals surface area (Å²) in [4.78, 5) is 5.17. The zero-order chi connectivity index (χ0) is 14.3. The molecule has 3 rings (SSSR count). The summed E-state index contributed by atoms with van der Waals surface area (Å²) < 4.78 is 2.16. The standard InChI is InChI=1S/C15H20I2N2O/c1-10-14-3-2-4-18(14)5-6-19(10)9-11-7-12(16)8-13(17)15(11)20/h7-8,10,14,20H,2-6,9H2,1H3/t10-,14-/m1/s1. The van der Waals surface area contributed by atoms with E-state index in [9.17, 15) is 5.11 Å². The van der Waals surface area contributed by atoms with Crippen LogP contribution in [0.5, 0.6) is 5.75 Å². The lowest BCUT2D eigenvalue weighted by Gasteiger charge is -2.43. The number of benzene rings is 1. The van der Waals surface area contributed by atoms with Crippen LogP contribution in [0.15, 0.2) is 12.1 Å². The van der Waals surface area contributed by atoms with Crippen molar-refractivity contribution in [3.05, 3.63) is 24.8 Å². The molecule has 5 heteroatoms. The summed E-state index contributed by atoms with van der Waals surface area (Å²) in [5, 5.41) is 10.3. The second-order valence-electron chi connectivity index (χ2n) is 5.85. The van der Waals surface area contributed by atoms with E-state index in [0.717, 1.165) is 22.2 Å². The Morgan fingerprint density at radius 2 is 2.05 bits per heavy atom. The molecule has 0 amide bonds. The van der Waals surface area contributed by atoms with Crippen molar-refractivity contribution in [1.29, 1.82) is 0 Å². The van der Waals surface area contributed by atoms with Gasteiger partial charge in [-0.2, -0.15) is 0 Å². The van der Waals surface area contributed by atoms with Gasteiger partial charge in [-0.15, -0.1) is 0 Å². The molecule has 2 atom stereocenters. The molecule has 2 heterocycles. The third-order valence-electron chi connectivity index (χ3n) is 4.70. The van der Waals surface area contributed by atoms with Gasteiger partial charge in [-0.1, -0.05) is 0 Å². The predicted octanol–water partition coefficient (Wildman–Crippen LogP) is 3.27. The molecule has 110 valence electrons. The third kappa shape index (κ3) is 2.96. The summed E-state index contributed by atoms with van der Waals surface area (Å²) >= 11 is 4.55. The van der Waals surface area contributed by atoms with Crippen LogP contribution >= 0.6 is 45.2 Å². The first-order valence-corrected chi connectivity index (χ1v) is 9.37. The van der Waals surface area contributed by atoms with Crippen LogP contribution in [-0.2, 0) is 6.54 Å². The molecule has 2 fully saturated rings. The van der Waals surface area contributed by atoms with E-state index in [1.807, 2.05) is 6.07 Å². The molecular formula is C15H20I2N2O. The molecule has 1 aromatic rings. The monoisotopic (exact) mass is 498 g/mol. The number of phenolic OH excluding ortho intramolecular Hbond substituents is 1. The minimum Gasteiger partial charge on any atom is -0.507 e. The van der Waals surface area contributed by atoms with E-state index in [-0.39, 0.29) is 0 Å². The van der Waals surface area contributed by atoms with Crippen LogP contribution in [-0.4, -0.2) is 46.6 Å². The first-order valence-electron chi connectivity index (χ1n) is 7.21. The molecule has 0 unspecified atom stereocenters. The Hall–Kier alpha value is 0.400. The third-order valence-corrected chi connectivity index (χ3v) is 6.15. The van der Waals surface area contributed by atoms with Crippen molar-refractivity contribution in [3.8, 4) is 5.75 Å². The SMILES string of the molecule is C[C@@H]1[C@H]2CCCN2CCN1Cc1cc(I)cc(I)c1O. The average Bonchev–Trinajstić information content (AvgIpc) is 2.87. The van der Waals surface area contributed by atoms with Crippen molar-refractivity contribution in [2.45, 2.75) is 38.4 Å². The number of aromatic hydroxyl groups is 1. The fraction of sp³-hybridized carbons (Fsp3) is 0.600. The molecule has 2 aliphatic rings. The van der Waals surface area contributed by atoms with Crippen LogP contribution in [0.4, 0.5) is 0 Å². The predicted molar refractivity (Wildman–Crippen MR) is 98.0 cm³/mol. The van der Waals surface area contributed by atoms with E-state index < -0.39 is 0 Å². The summed E-state index contributed by atoms with van der Waals surface area (Å²) in [5.74, 6) is 0.465. The van der Waals surface area contributed by atoms with Gasteiger partial charge in [-0.3, -0.25) is 9.80 Å². The number of piperazine rings is 1. The van der Waals surface area contributed by atoms with Gasteiger partial charge in [-0.25, -0.2) is 0 Å². The Morgan fingerprint density at radius 3 is 2.85 bits per heavy atom. The highest BCUT2D eigenvalue weighted by Crippen LogP contribution is 2.31. The summed E-state index contributed by atoms with van der Waals surface area (Å²) in [6.07, 6.45) is 2.67. The number of phenols is 1. The second-order valence-corrected chi connectivity index (χ2v) is 8.26. The molecule has 0 saturated carbocycles. The molecule has 3 nitrogen and oxygen atoms in total. The number of nitrogens with zero attached hydrogens (tertiary/aromatic N) is 2. The fourth-order valence-corrected chi connectivity index (χ4v) is 5.53. The largest absolute Gasteiger partial charge is 0.507 e. The number of hydrogen-bond acceptors (Lipinski definition) is 3. The van der Waals surface area contributed by atoms with Crippen molar-refractivity contribution in [1.82, 2.24) is 9.80 Å². The zero-order valence-electron chi connectivity index (χ0n) is 11.6. The molecule has 20 heavy (non-hydrogen) atoms. The van der Waals surface area contributed by atoms with Crippen LogP contribution in [0.3, 0.4) is 0 Å². The van der Waals surface area contributed by atoms with E-state index in [2.05, 4.69) is 68.0 Å². The van der Waals surface area contributed by atoms with Crippen LogP contribution in [0.2, 0.25) is 0 Å². The Morgan fingerprint density at radius 1 is 1.25 bits per heavy atom. The number of rotatable bonds is 2. The minimum atomic E-state index is 0.465. The maximum Gasteiger partial charge on any atom is 0.133 e. The highest BCUT2D eigenvalue weighted by molar-refractivity contribution is 14.1. The van der Waals surface area contributed by atoms with Crippen LogP contribution in [0, 0.1) is 7.14 Å². The Balaban J connectivity index is 1.78. The normalized spacial score (nSPS) is 27.8. The van der Waals surface area contributed by atoms with Gasteiger partial charge >= 0.3 is 0 Å². The molecule has 2 aliphatic heterocycles. The van der Waals surface area contributed by atoms with E-state index in [1.165, 1.54) is 29.5 Å². The van der Waals surface area contributed by atoms with Gasteiger partial charge in [0.2, 0.25) is 0 Å². The Bertz CT molecular complexity index is 509. The maximum atomic E-state index is 10.3. The molecule has 0 bridgehead atoms. The van der Waals surface area contributed by atoms with E-state index in [0.29, 0.717) is 17.8 Å². The zero-order valence-corrected chi connectivity index (χ0v) is 16.0. The lowest BCUT2D eigenvalue weighted by atomic mass is 10.0. The van der Waals surface area contributed by atoms with Crippen molar-refractivity contribution in [2.24, 2.45) is 0 Å². The van der Waals surface area contributed by atoms with E-state index in [1.54, 1.807) is 0 Å². The van der Waals surface area contributed by atoms with E-state index >= 15 is 0 Å². The van der Waals surface area contributed by atoms with Crippen LogP contribution < -0.4 is 0 Å². The van der Waals surface area contributed by atoms with Crippen molar-refractivity contribution >= 4 is 45.2 Å². The average molecular weight is 498 g/mol. The van der Waals surface area contributed by atoms with Crippen molar-refractivity contribution < 1.29 is 5.11 Å². The lowest BCUT2D eigenvalue weighted by molar-refractivity contribution is 0.0465. The lowest BCUT2D eigenvalue weighted by Crippen LogP contribution is -2.55. The van der Waals surface area contributed by atoms with Gasteiger partial charge in [0.05, 0.1) is 3.57 Å². The first-order chi connectivity index (χ1) is 9.56. The topological polar surface area (TPSA) is 26.7 Å². The first kappa shape index (κ1) is 15.3. The molecular weight excluding hydrogens is 478 g/mol. The molecule has 0 spiro atoms. The Labute approximate surface area is 148 Å². The quantitative estimate of drug-likeness (QED) is 0.635. The smallest absolute Gasteiger partial charge is 0.133 e. The summed E-state index contributed by atoms with van der Waals surface area (Å²) in [6, 6.07) is 5.44. The maximum absolute atomic E-state index is 10.3. The highest BCUT2D eigenvalue weighted by atomic mass is 127. The highest BCUT2D eigenvalue weighted by Gasteiger charge is 2.36. The summed E-state index contributed by atoms with van der Waals surface area (Å²) in [6.45, 7) is 6.77.